The van der Waals surface area contributed by atoms with Crippen LogP contribution in [0.25, 0.3) is 0 Å². The number of primary amides is 1. The van der Waals surface area contributed by atoms with E-state index in [2.05, 4.69) is 15.3 Å². The number of nitrogens with zero attached hydrogens (tertiary/aromatic N) is 2. The number of aromatic nitrogens is 2. The Labute approximate surface area is 127 Å². The average Bonchev–Trinajstić information content (AvgIpc) is 2.74. The fourth-order valence-electron chi connectivity index (χ4n) is 1.43. The van der Waals surface area contributed by atoms with Crippen LogP contribution in [0.1, 0.15) is 15.2 Å². The van der Waals surface area contributed by atoms with E-state index in [1.165, 1.54) is 6.20 Å². The zero-order chi connectivity index (χ0) is 14.9. The van der Waals surface area contributed by atoms with Crippen LogP contribution in [0.2, 0.25) is 10.3 Å². The minimum Gasteiger partial charge on any atom is -0.363 e. The van der Waals surface area contributed by atoms with Crippen LogP contribution in [0.3, 0.4) is 0 Å². The molecule has 0 atom stereocenters. The first-order valence-corrected chi connectivity index (χ1v) is 6.91. The quantitative estimate of drug-likeness (QED) is 0.510. The van der Waals surface area contributed by atoms with Gasteiger partial charge in [0, 0.05) is 0 Å². The van der Waals surface area contributed by atoms with Crippen molar-refractivity contribution in [3.63, 3.8) is 0 Å². The van der Waals surface area contributed by atoms with Gasteiger partial charge in [0.1, 0.15) is 9.90 Å². The molecule has 0 saturated heterocycles. The number of hydrogen-bond donors (Lipinski definition) is 2. The van der Waals surface area contributed by atoms with Crippen molar-refractivity contribution in [1.29, 1.82) is 0 Å². The molecule has 0 aliphatic rings. The van der Waals surface area contributed by atoms with Crippen LogP contribution in [0.4, 0.5) is 11.5 Å². The van der Waals surface area contributed by atoms with Crippen LogP contribution in [-0.2, 0) is 4.79 Å². The standard InChI is InChI=1S/C11H8Cl2N4O2S/c1-4-3-20-8(7(18)9(14)19)6(4)16-10-5(12)2-15-11(13)17-10/h2-3H,1H3,(H2,14,19)(H,15,16,17). The van der Waals surface area contributed by atoms with E-state index in [0.717, 1.165) is 16.9 Å². The predicted molar refractivity (Wildman–Crippen MR) is 77.9 cm³/mol. The predicted octanol–water partition coefficient (Wildman–Crippen LogP) is 2.56. The molecule has 0 aliphatic carbocycles. The molecule has 0 spiro atoms. The number of hydrogen-bond acceptors (Lipinski definition) is 6. The van der Waals surface area contributed by atoms with E-state index < -0.39 is 11.7 Å². The summed E-state index contributed by atoms with van der Waals surface area (Å²) in [4.78, 5) is 30.6. The zero-order valence-corrected chi connectivity index (χ0v) is 12.4. The summed E-state index contributed by atoms with van der Waals surface area (Å²) in [6, 6.07) is 0. The number of Topliss-reactive ketones (excluding diaryl/α,β-unsaturated/α-hetero) is 1. The molecule has 6 nitrogen and oxygen atoms in total. The van der Waals surface area contributed by atoms with E-state index in [1.54, 1.807) is 12.3 Å². The molecule has 2 heterocycles. The van der Waals surface area contributed by atoms with Gasteiger partial charge in [-0.25, -0.2) is 4.98 Å². The van der Waals surface area contributed by atoms with Gasteiger partial charge in [-0.1, -0.05) is 11.6 Å². The lowest BCUT2D eigenvalue weighted by molar-refractivity contribution is -0.114. The molecule has 104 valence electrons. The van der Waals surface area contributed by atoms with Crippen LogP contribution in [0.15, 0.2) is 11.6 Å². The molecule has 9 heteroatoms. The van der Waals surface area contributed by atoms with Crippen LogP contribution >= 0.6 is 34.5 Å². The van der Waals surface area contributed by atoms with Gasteiger partial charge in [-0.2, -0.15) is 4.98 Å². The van der Waals surface area contributed by atoms with Gasteiger partial charge in [-0.15, -0.1) is 11.3 Å². The highest BCUT2D eigenvalue weighted by molar-refractivity contribution is 7.13. The number of nitrogens with two attached hydrogens (primary N) is 1. The first-order chi connectivity index (χ1) is 9.40. The SMILES string of the molecule is Cc1csc(C(=O)C(N)=O)c1Nc1nc(Cl)ncc1Cl. The summed E-state index contributed by atoms with van der Waals surface area (Å²) in [7, 11) is 0. The Morgan fingerprint density at radius 1 is 1.40 bits per heavy atom. The number of carbonyl (C=O) groups excluding carboxylic acids is 2. The molecule has 1 amide bonds. The second-order valence-electron chi connectivity index (χ2n) is 3.78. The maximum atomic E-state index is 11.7. The third kappa shape index (κ3) is 2.90. The molecule has 20 heavy (non-hydrogen) atoms. The van der Waals surface area contributed by atoms with Crippen molar-refractivity contribution in [2.75, 3.05) is 5.32 Å². The minimum absolute atomic E-state index is 0.00700. The Morgan fingerprint density at radius 2 is 2.10 bits per heavy atom. The average molecular weight is 331 g/mol. The fourth-order valence-corrected chi connectivity index (χ4v) is 2.65. The van der Waals surface area contributed by atoms with Gasteiger partial charge in [0.2, 0.25) is 5.28 Å². The van der Waals surface area contributed by atoms with Crippen LogP contribution in [-0.4, -0.2) is 21.7 Å². The van der Waals surface area contributed by atoms with E-state index >= 15 is 0 Å². The number of thiophene rings is 1. The Kier molecular flexibility index (Phi) is 4.22. The molecule has 2 rings (SSSR count). The summed E-state index contributed by atoms with van der Waals surface area (Å²) in [6.07, 6.45) is 1.33. The monoisotopic (exact) mass is 330 g/mol. The molecule has 0 radical (unpaired) electrons. The number of amides is 1. The highest BCUT2D eigenvalue weighted by Crippen LogP contribution is 2.32. The summed E-state index contributed by atoms with van der Waals surface area (Å²) in [5.74, 6) is -1.56. The molecule has 0 unspecified atom stereocenters. The largest absolute Gasteiger partial charge is 0.363 e. The van der Waals surface area contributed by atoms with E-state index in [9.17, 15) is 9.59 Å². The van der Waals surface area contributed by atoms with Crippen molar-refractivity contribution in [3.8, 4) is 0 Å². The number of anilines is 2. The summed E-state index contributed by atoms with van der Waals surface area (Å²) in [6.45, 7) is 1.77. The molecule has 3 N–H and O–H groups in total. The molecule has 0 aliphatic heterocycles. The number of ketones is 1. The second kappa shape index (κ2) is 5.74. The first kappa shape index (κ1) is 14.7. The molecule has 0 aromatic carbocycles. The van der Waals surface area contributed by atoms with Crippen molar-refractivity contribution in [1.82, 2.24) is 9.97 Å². The molecule has 2 aromatic heterocycles. The van der Waals surface area contributed by atoms with Gasteiger partial charge in [-0.3, -0.25) is 9.59 Å². The lowest BCUT2D eigenvalue weighted by atomic mass is 10.2. The molecule has 0 fully saturated rings. The number of halogens is 2. The molecule has 2 aromatic rings. The van der Waals surface area contributed by atoms with E-state index in [-0.39, 0.29) is 21.0 Å². The number of aryl methyl sites for hydroxylation is 1. The van der Waals surface area contributed by atoms with Gasteiger partial charge < -0.3 is 11.1 Å². The Hall–Kier alpha value is -1.70. The van der Waals surface area contributed by atoms with Crippen molar-refractivity contribution in [3.05, 3.63) is 32.3 Å². The van der Waals surface area contributed by atoms with Gasteiger partial charge in [-0.05, 0) is 29.5 Å². The lowest BCUT2D eigenvalue weighted by Gasteiger charge is -2.08. The summed E-state index contributed by atoms with van der Waals surface area (Å²) < 4.78 is 0. The number of nitrogens with one attached hydrogen (secondary N) is 1. The smallest absolute Gasteiger partial charge is 0.290 e. The van der Waals surface area contributed by atoms with Crippen molar-refractivity contribution in [2.45, 2.75) is 6.92 Å². The van der Waals surface area contributed by atoms with E-state index in [1.807, 2.05) is 0 Å². The van der Waals surface area contributed by atoms with E-state index in [4.69, 9.17) is 28.9 Å². The maximum Gasteiger partial charge on any atom is 0.290 e. The third-order valence-corrected chi connectivity index (χ3v) is 3.92. The minimum atomic E-state index is -1.03. The lowest BCUT2D eigenvalue weighted by Crippen LogP contribution is -2.23. The Morgan fingerprint density at radius 3 is 2.75 bits per heavy atom. The van der Waals surface area contributed by atoms with Crippen LogP contribution in [0, 0.1) is 6.92 Å². The van der Waals surface area contributed by atoms with Crippen molar-refractivity contribution < 1.29 is 9.59 Å². The van der Waals surface area contributed by atoms with E-state index in [0.29, 0.717) is 5.69 Å². The molecular weight excluding hydrogens is 323 g/mol. The Bertz CT molecular complexity index is 702. The Balaban J connectivity index is 2.43. The molecular formula is C11H8Cl2N4O2S. The van der Waals surface area contributed by atoms with Gasteiger partial charge in [0.15, 0.2) is 5.82 Å². The fraction of sp³-hybridized carbons (Fsp3) is 0.0909. The number of rotatable bonds is 4. The van der Waals surface area contributed by atoms with Gasteiger partial charge >= 0.3 is 0 Å². The van der Waals surface area contributed by atoms with Gasteiger partial charge in [0.25, 0.3) is 11.7 Å². The molecule has 0 saturated carbocycles. The summed E-state index contributed by atoms with van der Waals surface area (Å²) >= 11 is 12.7. The summed E-state index contributed by atoms with van der Waals surface area (Å²) in [5.41, 5.74) is 6.19. The normalized spacial score (nSPS) is 10.3. The highest BCUT2D eigenvalue weighted by atomic mass is 35.5. The third-order valence-electron chi connectivity index (χ3n) is 2.36. The zero-order valence-electron chi connectivity index (χ0n) is 10.1. The van der Waals surface area contributed by atoms with Crippen molar-refractivity contribution in [2.24, 2.45) is 5.73 Å². The van der Waals surface area contributed by atoms with Crippen molar-refractivity contribution >= 4 is 57.7 Å². The first-order valence-electron chi connectivity index (χ1n) is 5.27. The molecule has 0 bridgehead atoms. The second-order valence-corrected chi connectivity index (χ2v) is 5.40. The number of carbonyl (C=O) groups is 2. The van der Waals surface area contributed by atoms with Gasteiger partial charge in [0.05, 0.1) is 11.9 Å². The van der Waals surface area contributed by atoms with Crippen LogP contribution < -0.4 is 11.1 Å². The topological polar surface area (TPSA) is 98.0 Å². The van der Waals surface area contributed by atoms with Crippen LogP contribution in [0.5, 0.6) is 0 Å². The highest BCUT2D eigenvalue weighted by Gasteiger charge is 2.21. The summed E-state index contributed by atoms with van der Waals surface area (Å²) in [5, 5.41) is 4.84. The maximum absolute atomic E-state index is 11.7.